The Morgan fingerprint density at radius 1 is 1.13 bits per heavy atom. The minimum atomic E-state index is -4.39. The predicted molar refractivity (Wildman–Crippen MR) is 83.6 cm³/mol. The van der Waals surface area contributed by atoms with E-state index in [-0.39, 0.29) is 10.0 Å². The van der Waals surface area contributed by atoms with Crippen molar-refractivity contribution >= 4 is 39.1 Å². The molecule has 0 bridgehead atoms. The third-order valence-electron chi connectivity index (χ3n) is 2.86. The van der Waals surface area contributed by atoms with E-state index in [9.17, 15) is 17.2 Å². The van der Waals surface area contributed by atoms with Crippen LogP contribution in [0.5, 0.6) is 0 Å². The summed E-state index contributed by atoms with van der Waals surface area (Å²) in [6.07, 6.45) is 0.622. The van der Waals surface area contributed by atoms with E-state index in [2.05, 4.69) is 0 Å². The van der Waals surface area contributed by atoms with Crippen molar-refractivity contribution in [1.29, 1.82) is 5.26 Å². The maximum absolute atomic E-state index is 13.6. The number of hydrogen-bond donors (Lipinski definition) is 0. The fourth-order valence-electron chi connectivity index (χ4n) is 1.75. The minimum Gasteiger partial charge on any atom is -0.218 e. The van der Waals surface area contributed by atoms with E-state index in [4.69, 9.17) is 28.5 Å². The molecule has 0 atom stereocenters. The highest BCUT2D eigenvalue weighted by Crippen LogP contribution is 2.30. The first kappa shape index (κ1) is 17.4. The van der Waals surface area contributed by atoms with Crippen LogP contribution in [0, 0.1) is 23.0 Å². The Morgan fingerprint density at radius 2 is 1.74 bits per heavy atom. The van der Waals surface area contributed by atoms with Gasteiger partial charge in [0.1, 0.15) is 22.6 Å². The lowest BCUT2D eigenvalue weighted by Gasteiger charge is -2.06. The van der Waals surface area contributed by atoms with Crippen molar-refractivity contribution in [2.45, 2.75) is 4.90 Å². The summed E-state index contributed by atoms with van der Waals surface area (Å²) in [6.45, 7) is 0. The normalized spacial score (nSPS) is 12.0. The standard InChI is InChI=1S/C15H7Cl2F2NO2S/c16-9-4-5-12(17)15(6-9)23(21,22)10(8-20)7-11-13(18)2-1-3-14(11)19/h1-7H. The lowest BCUT2D eigenvalue weighted by molar-refractivity contribution is 0.578. The van der Waals surface area contributed by atoms with Crippen LogP contribution in [0.2, 0.25) is 10.0 Å². The molecule has 0 fully saturated rings. The van der Waals surface area contributed by atoms with Gasteiger partial charge in [0.05, 0.1) is 9.92 Å². The van der Waals surface area contributed by atoms with E-state index in [1.807, 2.05) is 0 Å². The zero-order valence-corrected chi connectivity index (χ0v) is 13.6. The van der Waals surface area contributed by atoms with Crippen LogP contribution >= 0.6 is 23.2 Å². The molecule has 3 nitrogen and oxygen atoms in total. The maximum atomic E-state index is 13.6. The van der Waals surface area contributed by atoms with E-state index < -0.39 is 36.8 Å². The van der Waals surface area contributed by atoms with E-state index >= 15 is 0 Å². The summed E-state index contributed by atoms with van der Waals surface area (Å²) in [6, 6.07) is 8.12. The number of hydrogen-bond acceptors (Lipinski definition) is 3. The molecule has 0 amide bonds. The summed E-state index contributed by atoms with van der Waals surface area (Å²) >= 11 is 11.6. The molecule has 0 radical (unpaired) electrons. The Morgan fingerprint density at radius 3 is 2.30 bits per heavy atom. The van der Waals surface area contributed by atoms with Gasteiger partial charge in [0.15, 0.2) is 0 Å². The molecule has 0 aliphatic rings. The molecule has 2 rings (SSSR count). The molecule has 0 aliphatic carbocycles. The van der Waals surface area contributed by atoms with Gasteiger partial charge in [-0.15, -0.1) is 0 Å². The maximum Gasteiger partial charge on any atom is 0.218 e. The number of rotatable bonds is 3. The average molecular weight is 374 g/mol. The quantitative estimate of drug-likeness (QED) is 0.738. The van der Waals surface area contributed by atoms with E-state index in [1.165, 1.54) is 18.2 Å². The van der Waals surface area contributed by atoms with Gasteiger partial charge in [-0.25, -0.2) is 17.2 Å². The van der Waals surface area contributed by atoms with Gasteiger partial charge in [-0.1, -0.05) is 29.3 Å². The molecule has 0 aromatic heterocycles. The number of halogens is 4. The fourth-order valence-corrected chi connectivity index (χ4v) is 3.65. The SMILES string of the molecule is N#CC(=Cc1c(F)cccc1F)S(=O)(=O)c1cc(Cl)ccc1Cl. The highest BCUT2D eigenvalue weighted by molar-refractivity contribution is 7.95. The Labute approximate surface area is 141 Å². The Balaban J connectivity index is 2.68. The van der Waals surface area contributed by atoms with Gasteiger partial charge < -0.3 is 0 Å². The van der Waals surface area contributed by atoms with Crippen LogP contribution < -0.4 is 0 Å². The van der Waals surface area contributed by atoms with Crippen LogP contribution in [-0.2, 0) is 9.84 Å². The summed E-state index contributed by atoms with van der Waals surface area (Å²) in [5.74, 6) is -1.99. The molecule has 23 heavy (non-hydrogen) atoms. The molecule has 0 saturated carbocycles. The zero-order valence-electron chi connectivity index (χ0n) is 11.2. The third-order valence-corrected chi connectivity index (χ3v) is 5.24. The van der Waals surface area contributed by atoms with Crippen molar-refractivity contribution < 1.29 is 17.2 Å². The largest absolute Gasteiger partial charge is 0.218 e. The van der Waals surface area contributed by atoms with Crippen molar-refractivity contribution in [2.75, 3.05) is 0 Å². The number of nitrogens with zero attached hydrogens (tertiary/aromatic N) is 1. The van der Waals surface area contributed by atoms with Crippen molar-refractivity contribution in [3.63, 3.8) is 0 Å². The van der Waals surface area contributed by atoms with Crippen molar-refractivity contribution in [2.24, 2.45) is 0 Å². The second kappa shape index (κ2) is 6.67. The second-order valence-electron chi connectivity index (χ2n) is 4.33. The van der Waals surface area contributed by atoms with Gasteiger partial charge >= 0.3 is 0 Å². The zero-order chi connectivity index (χ0) is 17.2. The number of sulfone groups is 1. The molecule has 118 valence electrons. The third kappa shape index (κ3) is 3.53. The first-order valence-electron chi connectivity index (χ1n) is 6.03. The molecule has 0 heterocycles. The summed E-state index contributed by atoms with van der Waals surface area (Å²) in [5.41, 5.74) is -0.634. The first-order valence-corrected chi connectivity index (χ1v) is 8.27. The van der Waals surface area contributed by atoms with Crippen molar-refractivity contribution in [1.82, 2.24) is 0 Å². The van der Waals surface area contributed by atoms with Gasteiger partial charge in [0, 0.05) is 10.6 Å². The Bertz CT molecular complexity index is 930. The van der Waals surface area contributed by atoms with E-state index in [0.717, 1.165) is 24.3 Å². The molecule has 2 aromatic carbocycles. The molecule has 8 heteroatoms. The van der Waals surface area contributed by atoms with Crippen LogP contribution in [0.3, 0.4) is 0 Å². The monoisotopic (exact) mass is 373 g/mol. The molecule has 0 N–H and O–H groups in total. The first-order chi connectivity index (χ1) is 10.8. The fraction of sp³-hybridized carbons (Fsp3) is 0. The molecule has 2 aromatic rings. The molecular weight excluding hydrogens is 367 g/mol. The van der Waals surface area contributed by atoms with Crippen LogP contribution in [0.15, 0.2) is 46.2 Å². The van der Waals surface area contributed by atoms with Crippen LogP contribution in [-0.4, -0.2) is 8.42 Å². The topological polar surface area (TPSA) is 57.9 Å². The smallest absolute Gasteiger partial charge is 0.218 e. The summed E-state index contributed by atoms with van der Waals surface area (Å²) in [5, 5.41) is 9.03. The predicted octanol–water partition coefficient (Wildman–Crippen LogP) is 4.61. The number of allylic oxidation sites excluding steroid dienone is 1. The van der Waals surface area contributed by atoms with Crippen molar-refractivity contribution in [3.8, 4) is 6.07 Å². The molecule has 0 aliphatic heterocycles. The minimum absolute atomic E-state index is 0.0855. The van der Waals surface area contributed by atoms with Gasteiger partial charge in [-0.2, -0.15) is 5.26 Å². The second-order valence-corrected chi connectivity index (χ2v) is 7.06. The lowest BCUT2D eigenvalue weighted by atomic mass is 10.2. The number of nitriles is 1. The molecule has 0 spiro atoms. The highest BCUT2D eigenvalue weighted by Gasteiger charge is 2.25. The van der Waals surface area contributed by atoms with Gasteiger partial charge in [0.2, 0.25) is 9.84 Å². The summed E-state index contributed by atoms with van der Waals surface area (Å²) < 4.78 is 52.3. The average Bonchev–Trinajstić information content (AvgIpc) is 2.49. The number of benzene rings is 2. The van der Waals surface area contributed by atoms with Gasteiger partial charge in [-0.3, -0.25) is 0 Å². The lowest BCUT2D eigenvalue weighted by Crippen LogP contribution is -2.05. The van der Waals surface area contributed by atoms with Crippen LogP contribution in [0.1, 0.15) is 5.56 Å². The van der Waals surface area contributed by atoms with Crippen LogP contribution in [0.4, 0.5) is 8.78 Å². The van der Waals surface area contributed by atoms with Crippen LogP contribution in [0.25, 0.3) is 6.08 Å². The summed E-state index contributed by atoms with van der Waals surface area (Å²) in [7, 11) is -4.39. The molecule has 0 saturated heterocycles. The van der Waals surface area contributed by atoms with Gasteiger partial charge in [0.25, 0.3) is 0 Å². The molecule has 0 unspecified atom stereocenters. The molecular formula is C15H7Cl2F2NO2S. The highest BCUT2D eigenvalue weighted by atomic mass is 35.5. The Hall–Kier alpha value is -1.94. The van der Waals surface area contributed by atoms with E-state index in [1.54, 1.807) is 0 Å². The summed E-state index contributed by atoms with van der Waals surface area (Å²) in [4.78, 5) is -1.28. The Kier molecular flexibility index (Phi) is 5.05. The van der Waals surface area contributed by atoms with Gasteiger partial charge in [-0.05, 0) is 36.4 Å². The van der Waals surface area contributed by atoms with Crippen molar-refractivity contribution in [3.05, 3.63) is 68.5 Å². The van der Waals surface area contributed by atoms with E-state index in [0.29, 0.717) is 6.08 Å².